The fraction of sp³-hybridized carbons (Fsp3) is 1.00. The van der Waals surface area contributed by atoms with E-state index < -0.39 is 25.0 Å². The van der Waals surface area contributed by atoms with E-state index in [2.05, 4.69) is 4.74 Å². The Hall–Kier alpha value is -0.570. The van der Waals surface area contributed by atoms with Crippen LogP contribution >= 0.6 is 0 Å². The topological polar surface area (TPSA) is 29.5 Å². The van der Waals surface area contributed by atoms with Gasteiger partial charge >= 0.3 is 18.7 Å². The smallest absolute Gasteiger partial charge is 0.361 e. The molecule has 0 fully saturated rings. The molecule has 13 heavy (non-hydrogen) atoms. The summed E-state index contributed by atoms with van der Waals surface area (Å²) in [7, 11) is 0. The molecule has 1 unspecified atom stereocenters. The number of rotatable bonds is 3. The number of hydrogen-bond acceptors (Lipinski definition) is 2. The number of aliphatic hydroxyl groups excluding tert-OH is 1. The molecule has 0 aliphatic heterocycles. The normalized spacial score (nSPS) is 16.4. The maximum atomic E-state index is 11.7. The number of ether oxygens (including phenoxy) is 1. The average Bonchev–Trinajstić information content (AvgIpc) is 1.83. The van der Waals surface area contributed by atoms with Crippen molar-refractivity contribution in [2.75, 3.05) is 0 Å². The molecule has 0 aromatic heterocycles. The summed E-state index contributed by atoms with van der Waals surface area (Å²) < 4.78 is 82.1. The molecule has 0 heterocycles. The second-order valence-corrected chi connectivity index (χ2v) is 1.87. The number of alkyl halides is 7. The maximum Gasteiger partial charge on any atom is 0.440 e. The van der Waals surface area contributed by atoms with Crippen LogP contribution in [0.3, 0.4) is 0 Å². The van der Waals surface area contributed by atoms with Crippen LogP contribution < -0.4 is 0 Å². The number of halogens is 7. The lowest BCUT2D eigenvalue weighted by Gasteiger charge is -2.21. The van der Waals surface area contributed by atoms with E-state index in [1.165, 1.54) is 0 Å². The van der Waals surface area contributed by atoms with Gasteiger partial charge in [-0.1, -0.05) is 0 Å². The third-order valence-corrected chi connectivity index (χ3v) is 0.803. The molecular formula is C4H3F7O2. The van der Waals surface area contributed by atoms with Crippen LogP contribution in [0.1, 0.15) is 0 Å². The summed E-state index contributed by atoms with van der Waals surface area (Å²) in [6.45, 7) is 0. The summed E-state index contributed by atoms with van der Waals surface area (Å²) in [4.78, 5) is 0. The Kier molecular flexibility index (Phi) is 3.50. The molecule has 2 nitrogen and oxygen atoms in total. The van der Waals surface area contributed by atoms with Crippen molar-refractivity contribution in [3.8, 4) is 0 Å². The van der Waals surface area contributed by atoms with Crippen LogP contribution in [0.4, 0.5) is 30.7 Å². The molecule has 9 heteroatoms. The third-order valence-electron chi connectivity index (χ3n) is 0.803. The predicted octanol–water partition coefficient (Wildman–Crippen LogP) is 1.74. The van der Waals surface area contributed by atoms with E-state index in [0.29, 0.717) is 0 Å². The zero-order valence-corrected chi connectivity index (χ0v) is 5.66. The Morgan fingerprint density at radius 3 is 1.62 bits per heavy atom. The van der Waals surface area contributed by atoms with E-state index >= 15 is 0 Å². The van der Waals surface area contributed by atoms with Crippen molar-refractivity contribution in [2.24, 2.45) is 0 Å². The lowest BCUT2D eigenvalue weighted by molar-refractivity contribution is -0.401. The fourth-order valence-electron chi connectivity index (χ4n) is 0.267. The van der Waals surface area contributed by atoms with Crippen LogP contribution in [-0.2, 0) is 4.74 Å². The molecule has 0 radical (unpaired) electrons. The SMILES string of the molecule is OC(OC(F)(F)C(F)F)C(F)(F)F. The minimum Gasteiger partial charge on any atom is -0.361 e. The molecule has 0 saturated carbocycles. The quantitative estimate of drug-likeness (QED) is 0.575. The molecule has 0 aromatic rings. The van der Waals surface area contributed by atoms with Gasteiger partial charge in [0.15, 0.2) is 0 Å². The van der Waals surface area contributed by atoms with E-state index in [-0.39, 0.29) is 0 Å². The van der Waals surface area contributed by atoms with Gasteiger partial charge in [-0.25, -0.2) is 8.78 Å². The fourth-order valence-corrected chi connectivity index (χ4v) is 0.267. The van der Waals surface area contributed by atoms with Gasteiger partial charge in [0.25, 0.3) is 6.29 Å². The lowest BCUT2D eigenvalue weighted by Crippen LogP contribution is -2.41. The first-order chi connectivity index (χ1) is 5.57. The molecule has 0 rings (SSSR count). The van der Waals surface area contributed by atoms with E-state index in [9.17, 15) is 30.7 Å². The number of aliphatic hydroxyl groups is 1. The Morgan fingerprint density at radius 1 is 1.00 bits per heavy atom. The molecule has 0 aliphatic carbocycles. The van der Waals surface area contributed by atoms with Gasteiger partial charge in [-0.2, -0.15) is 22.0 Å². The first kappa shape index (κ1) is 12.4. The van der Waals surface area contributed by atoms with E-state index in [1.54, 1.807) is 0 Å². The molecule has 1 atom stereocenters. The zero-order valence-electron chi connectivity index (χ0n) is 5.66. The van der Waals surface area contributed by atoms with Crippen molar-refractivity contribution in [3.63, 3.8) is 0 Å². The van der Waals surface area contributed by atoms with E-state index in [1.807, 2.05) is 0 Å². The van der Waals surface area contributed by atoms with Crippen LogP contribution in [-0.4, -0.2) is 30.1 Å². The molecule has 0 spiro atoms. The van der Waals surface area contributed by atoms with Gasteiger partial charge in [0, 0.05) is 0 Å². The first-order valence-electron chi connectivity index (χ1n) is 2.66. The van der Waals surface area contributed by atoms with Gasteiger partial charge in [-0.15, -0.1) is 0 Å². The summed E-state index contributed by atoms with van der Waals surface area (Å²) in [5.41, 5.74) is 0. The molecule has 0 amide bonds. The molecule has 80 valence electrons. The molecule has 0 aromatic carbocycles. The van der Waals surface area contributed by atoms with Crippen LogP contribution in [0, 0.1) is 0 Å². The maximum absolute atomic E-state index is 11.7. The van der Waals surface area contributed by atoms with Crippen LogP contribution in [0.5, 0.6) is 0 Å². The Labute approximate surface area is 66.9 Å². The molecular weight excluding hydrogens is 213 g/mol. The first-order valence-corrected chi connectivity index (χ1v) is 2.66. The van der Waals surface area contributed by atoms with Crippen molar-refractivity contribution in [3.05, 3.63) is 0 Å². The van der Waals surface area contributed by atoms with Gasteiger partial charge in [0.05, 0.1) is 0 Å². The Balaban J connectivity index is 4.28. The standard InChI is InChI=1S/C4H3F7O2/c5-1(6)4(10,11)13-2(12)3(7,8)9/h1-2,12H. The molecule has 0 saturated heterocycles. The minimum absolute atomic E-state index is 2.41. The predicted molar refractivity (Wildman–Crippen MR) is 24.1 cm³/mol. The van der Waals surface area contributed by atoms with Crippen molar-refractivity contribution < 1.29 is 40.6 Å². The van der Waals surface area contributed by atoms with Crippen LogP contribution in [0.25, 0.3) is 0 Å². The summed E-state index contributed by atoms with van der Waals surface area (Å²) >= 11 is 0. The van der Waals surface area contributed by atoms with Crippen molar-refractivity contribution in [1.82, 2.24) is 0 Å². The summed E-state index contributed by atoms with van der Waals surface area (Å²) in [6, 6.07) is 0. The second-order valence-electron chi connectivity index (χ2n) is 1.87. The second kappa shape index (κ2) is 3.66. The highest BCUT2D eigenvalue weighted by atomic mass is 19.4. The highest BCUT2D eigenvalue weighted by Gasteiger charge is 2.51. The van der Waals surface area contributed by atoms with Crippen molar-refractivity contribution in [2.45, 2.75) is 25.0 Å². The third kappa shape index (κ3) is 3.77. The van der Waals surface area contributed by atoms with Crippen molar-refractivity contribution in [1.29, 1.82) is 0 Å². The van der Waals surface area contributed by atoms with Gasteiger partial charge in [-0.3, -0.25) is 4.74 Å². The molecule has 1 N–H and O–H groups in total. The Bertz CT molecular complexity index is 164. The highest BCUT2D eigenvalue weighted by molar-refractivity contribution is 4.61. The highest BCUT2D eigenvalue weighted by Crippen LogP contribution is 2.30. The zero-order chi connectivity index (χ0) is 10.9. The minimum atomic E-state index is -5.53. The van der Waals surface area contributed by atoms with E-state index in [0.717, 1.165) is 0 Å². The largest absolute Gasteiger partial charge is 0.440 e. The molecule has 0 aliphatic rings. The summed E-state index contributed by atoms with van der Waals surface area (Å²) in [6.07, 6.45) is -19.2. The average molecular weight is 216 g/mol. The summed E-state index contributed by atoms with van der Waals surface area (Å²) in [5.74, 6) is 0. The molecule has 0 bridgehead atoms. The van der Waals surface area contributed by atoms with Crippen LogP contribution in [0.2, 0.25) is 0 Å². The summed E-state index contributed by atoms with van der Waals surface area (Å²) in [5, 5.41) is 7.81. The van der Waals surface area contributed by atoms with E-state index in [4.69, 9.17) is 5.11 Å². The van der Waals surface area contributed by atoms with Crippen LogP contribution in [0.15, 0.2) is 0 Å². The van der Waals surface area contributed by atoms with Gasteiger partial charge < -0.3 is 5.11 Å². The van der Waals surface area contributed by atoms with Gasteiger partial charge in [0.2, 0.25) is 0 Å². The van der Waals surface area contributed by atoms with Gasteiger partial charge in [0.1, 0.15) is 0 Å². The van der Waals surface area contributed by atoms with Gasteiger partial charge in [-0.05, 0) is 0 Å². The lowest BCUT2D eigenvalue weighted by atomic mass is 10.6. The Morgan fingerprint density at radius 2 is 1.38 bits per heavy atom. The monoisotopic (exact) mass is 216 g/mol. The van der Waals surface area contributed by atoms with Crippen molar-refractivity contribution >= 4 is 0 Å². The number of hydrogen-bond donors (Lipinski definition) is 1.